The molecule has 0 aromatic carbocycles. The van der Waals surface area contributed by atoms with Crippen molar-refractivity contribution in [1.82, 2.24) is 9.80 Å². The Morgan fingerprint density at radius 1 is 1.20 bits per heavy atom. The van der Waals surface area contributed by atoms with E-state index in [0.29, 0.717) is 12.1 Å². The summed E-state index contributed by atoms with van der Waals surface area (Å²) in [6.07, 6.45) is 4.76. The highest BCUT2D eigenvalue weighted by molar-refractivity contribution is 6.27. The van der Waals surface area contributed by atoms with Crippen molar-refractivity contribution < 1.29 is 4.79 Å². The average molecular weight is 233 g/mol. The Hall–Kier alpha value is -0.280. The highest BCUT2D eigenvalue weighted by atomic mass is 35.5. The molecule has 1 rings (SSSR count). The Morgan fingerprint density at radius 2 is 1.73 bits per heavy atom. The molecule has 15 heavy (non-hydrogen) atoms. The zero-order valence-electron chi connectivity index (χ0n) is 9.87. The van der Waals surface area contributed by atoms with Gasteiger partial charge in [-0.05, 0) is 26.9 Å². The normalized spacial score (nSPS) is 26.7. The lowest BCUT2D eigenvalue weighted by molar-refractivity contribution is -0.131. The summed E-state index contributed by atoms with van der Waals surface area (Å²) >= 11 is 5.59. The highest BCUT2D eigenvalue weighted by Crippen LogP contribution is 2.25. The molecule has 1 fully saturated rings. The number of carbonyl (C=O) groups is 1. The number of halogens is 1. The minimum atomic E-state index is 0.0374. The molecule has 0 spiro atoms. The zero-order valence-corrected chi connectivity index (χ0v) is 10.6. The maximum Gasteiger partial charge on any atom is 0.237 e. The van der Waals surface area contributed by atoms with Gasteiger partial charge in [0.2, 0.25) is 5.91 Å². The van der Waals surface area contributed by atoms with Crippen LogP contribution in [0.15, 0.2) is 0 Å². The van der Waals surface area contributed by atoms with Crippen molar-refractivity contribution in [1.29, 1.82) is 0 Å². The van der Waals surface area contributed by atoms with E-state index in [1.54, 1.807) is 0 Å². The van der Waals surface area contributed by atoms with Crippen molar-refractivity contribution in [2.24, 2.45) is 0 Å². The number of carbonyl (C=O) groups excluding carboxylic acids is 1. The van der Waals surface area contributed by atoms with Gasteiger partial charge in [0, 0.05) is 19.1 Å². The van der Waals surface area contributed by atoms with Crippen LogP contribution in [-0.2, 0) is 4.79 Å². The molecule has 1 aliphatic rings. The Balaban J connectivity index is 2.67. The van der Waals surface area contributed by atoms with E-state index < -0.39 is 0 Å². The van der Waals surface area contributed by atoms with E-state index in [-0.39, 0.29) is 11.8 Å². The fourth-order valence-corrected chi connectivity index (χ4v) is 2.61. The summed E-state index contributed by atoms with van der Waals surface area (Å²) in [5.41, 5.74) is 0. The molecule has 88 valence electrons. The summed E-state index contributed by atoms with van der Waals surface area (Å²) in [5.74, 6) is 0.128. The van der Waals surface area contributed by atoms with Gasteiger partial charge in [-0.15, -0.1) is 11.6 Å². The standard InChI is InChI=1S/C11H21ClN2O/c1-13(2)9-6-4-5-7-10(9)14(3)11(15)8-12/h9-10H,4-8H2,1-3H3/t9-,10+/m1/s1. The van der Waals surface area contributed by atoms with Crippen molar-refractivity contribution in [3.63, 3.8) is 0 Å². The molecule has 0 N–H and O–H groups in total. The van der Waals surface area contributed by atoms with Crippen LogP contribution in [-0.4, -0.2) is 54.8 Å². The van der Waals surface area contributed by atoms with E-state index in [4.69, 9.17) is 11.6 Å². The summed E-state index contributed by atoms with van der Waals surface area (Å²) in [6, 6.07) is 0.816. The van der Waals surface area contributed by atoms with E-state index in [1.807, 2.05) is 11.9 Å². The van der Waals surface area contributed by atoms with Crippen LogP contribution in [0.5, 0.6) is 0 Å². The summed E-state index contributed by atoms with van der Waals surface area (Å²) in [4.78, 5) is 15.6. The Kier molecular flexibility index (Phi) is 4.87. The largest absolute Gasteiger partial charge is 0.340 e. The second-order valence-corrected chi connectivity index (χ2v) is 4.79. The van der Waals surface area contributed by atoms with Crippen LogP contribution in [0.2, 0.25) is 0 Å². The second kappa shape index (κ2) is 5.71. The van der Waals surface area contributed by atoms with Crippen molar-refractivity contribution in [3.05, 3.63) is 0 Å². The Bertz CT molecular complexity index is 221. The van der Waals surface area contributed by atoms with Gasteiger partial charge < -0.3 is 9.80 Å². The van der Waals surface area contributed by atoms with Crippen molar-refractivity contribution in [3.8, 4) is 0 Å². The Morgan fingerprint density at radius 3 is 2.20 bits per heavy atom. The fraction of sp³-hybridized carbons (Fsp3) is 0.909. The van der Waals surface area contributed by atoms with Gasteiger partial charge in [-0.25, -0.2) is 0 Å². The molecule has 0 aromatic heterocycles. The molecule has 0 bridgehead atoms. The number of hydrogen-bond acceptors (Lipinski definition) is 2. The van der Waals surface area contributed by atoms with Crippen LogP contribution in [0.4, 0.5) is 0 Å². The number of hydrogen-bond donors (Lipinski definition) is 0. The van der Waals surface area contributed by atoms with Gasteiger partial charge in [0.15, 0.2) is 0 Å². The van der Waals surface area contributed by atoms with Crippen molar-refractivity contribution >= 4 is 17.5 Å². The van der Waals surface area contributed by atoms with Crippen molar-refractivity contribution in [2.75, 3.05) is 27.0 Å². The lowest BCUT2D eigenvalue weighted by Crippen LogP contribution is -2.52. The minimum absolute atomic E-state index is 0.0374. The van der Waals surface area contributed by atoms with E-state index >= 15 is 0 Å². The van der Waals surface area contributed by atoms with Crippen LogP contribution in [0.1, 0.15) is 25.7 Å². The third-order valence-electron chi connectivity index (χ3n) is 3.36. The van der Waals surface area contributed by atoms with E-state index in [2.05, 4.69) is 19.0 Å². The number of nitrogens with zero attached hydrogens (tertiary/aromatic N) is 2. The smallest absolute Gasteiger partial charge is 0.237 e. The molecule has 0 unspecified atom stereocenters. The number of rotatable bonds is 3. The van der Waals surface area contributed by atoms with E-state index in [0.717, 1.165) is 6.42 Å². The molecule has 2 atom stereocenters. The quantitative estimate of drug-likeness (QED) is 0.690. The average Bonchev–Trinajstić information content (AvgIpc) is 2.27. The molecule has 0 saturated heterocycles. The van der Waals surface area contributed by atoms with E-state index in [9.17, 15) is 4.79 Å². The zero-order chi connectivity index (χ0) is 11.4. The lowest BCUT2D eigenvalue weighted by Gasteiger charge is -2.41. The molecular formula is C11H21ClN2O. The first-order chi connectivity index (χ1) is 7.07. The third kappa shape index (κ3) is 3.08. The highest BCUT2D eigenvalue weighted by Gasteiger charge is 2.31. The molecule has 1 saturated carbocycles. The first-order valence-corrected chi connectivity index (χ1v) is 6.09. The van der Waals surface area contributed by atoms with Crippen LogP contribution >= 0.6 is 11.6 Å². The van der Waals surface area contributed by atoms with Gasteiger partial charge in [-0.3, -0.25) is 4.79 Å². The van der Waals surface area contributed by atoms with Gasteiger partial charge in [-0.2, -0.15) is 0 Å². The summed E-state index contributed by atoms with van der Waals surface area (Å²) in [6.45, 7) is 0. The molecule has 3 nitrogen and oxygen atoms in total. The minimum Gasteiger partial charge on any atom is -0.340 e. The topological polar surface area (TPSA) is 23.6 Å². The summed E-state index contributed by atoms with van der Waals surface area (Å²) in [7, 11) is 6.04. The monoisotopic (exact) mass is 232 g/mol. The van der Waals surface area contributed by atoms with Crippen LogP contribution in [0.3, 0.4) is 0 Å². The Labute approximate surface area is 97.4 Å². The maximum atomic E-state index is 11.6. The molecule has 0 heterocycles. The fourth-order valence-electron chi connectivity index (χ4n) is 2.43. The molecule has 4 heteroatoms. The molecular weight excluding hydrogens is 212 g/mol. The van der Waals surface area contributed by atoms with Gasteiger partial charge in [0.1, 0.15) is 5.88 Å². The van der Waals surface area contributed by atoms with Crippen LogP contribution in [0, 0.1) is 0 Å². The van der Waals surface area contributed by atoms with Crippen LogP contribution < -0.4 is 0 Å². The van der Waals surface area contributed by atoms with Crippen molar-refractivity contribution in [2.45, 2.75) is 37.8 Å². The summed E-state index contributed by atoms with van der Waals surface area (Å²) < 4.78 is 0. The second-order valence-electron chi connectivity index (χ2n) is 4.52. The van der Waals surface area contributed by atoms with Gasteiger partial charge in [0.25, 0.3) is 0 Å². The number of likely N-dealkylation sites (N-methyl/N-ethyl adjacent to an activating group) is 2. The number of alkyl halides is 1. The molecule has 1 aliphatic carbocycles. The first-order valence-electron chi connectivity index (χ1n) is 5.56. The predicted molar refractivity (Wildman–Crippen MR) is 63.2 cm³/mol. The molecule has 0 aliphatic heterocycles. The molecule has 0 aromatic rings. The lowest BCUT2D eigenvalue weighted by atomic mass is 9.88. The van der Waals surface area contributed by atoms with Crippen LogP contribution in [0.25, 0.3) is 0 Å². The molecule has 0 radical (unpaired) electrons. The first kappa shape index (κ1) is 12.8. The number of amides is 1. The summed E-state index contributed by atoms with van der Waals surface area (Å²) in [5, 5.41) is 0. The van der Waals surface area contributed by atoms with E-state index in [1.165, 1.54) is 19.3 Å². The van der Waals surface area contributed by atoms with Gasteiger partial charge in [0.05, 0.1) is 0 Å². The maximum absolute atomic E-state index is 11.6. The third-order valence-corrected chi connectivity index (χ3v) is 3.59. The van der Waals surface area contributed by atoms with Gasteiger partial charge >= 0.3 is 0 Å². The van der Waals surface area contributed by atoms with Gasteiger partial charge in [-0.1, -0.05) is 12.8 Å². The predicted octanol–water partition coefficient (Wildman–Crippen LogP) is 1.56. The molecule has 1 amide bonds. The SMILES string of the molecule is CN(C)[C@@H]1CCCC[C@@H]1N(C)C(=O)CCl.